The molecule has 5 rings (SSSR count). The molecule has 35 heavy (non-hydrogen) atoms. The van der Waals surface area contributed by atoms with Gasteiger partial charge in [0.25, 0.3) is 5.91 Å². The molecule has 1 fully saturated rings. The first-order valence-electron chi connectivity index (χ1n) is 11.6. The highest BCUT2D eigenvalue weighted by Gasteiger charge is 2.27. The molecule has 0 bridgehead atoms. The van der Waals surface area contributed by atoms with E-state index in [0.717, 1.165) is 15.9 Å². The Labute approximate surface area is 206 Å². The highest BCUT2D eigenvalue weighted by Crippen LogP contribution is 2.28. The summed E-state index contributed by atoms with van der Waals surface area (Å²) >= 11 is 1.35. The molecule has 180 valence electrons. The Balaban J connectivity index is 1.21. The van der Waals surface area contributed by atoms with E-state index in [2.05, 4.69) is 10.3 Å². The van der Waals surface area contributed by atoms with Crippen LogP contribution in [0.1, 0.15) is 35.0 Å². The molecule has 0 radical (unpaired) electrons. The third-order valence-corrected chi connectivity index (χ3v) is 7.33. The second-order valence-corrected chi connectivity index (χ2v) is 9.50. The molecule has 2 N–H and O–H groups in total. The van der Waals surface area contributed by atoms with Gasteiger partial charge >= 0.3 is 5.69 Å². The summed E-state index contributed by atoms with van der Waals surface area (Å²) in [7, 11) is 0. The molecule has 1 saturated heterocycles. The Morgan fingerprint density at radius 3 is 2.60 bits per heavy atom. The maximum absolute atomic E-state index is 13.3. The molecule has 3 heterocycles. The van der Waals surface area contributed by atoms with Crippen molar-refractivity contribution in [3.05, 3.63) is 88.7 Å². The highest BCUT2D eigenvalue weighted by atomic mass is 32.2. The third kappa shape index (κ3) is 5.05. The van der Waals surface area contributed by atoms with Crippen molar-refractivity contribution in [3.63, 3.8) is 0 Å². The van der Waals surface area contributed by atoms with E-state index in [4.69, 9.17) is 4.42 Å². The molecule has 2 aromatic carbocycles. The Morgan fingerprint density at radius 2 is 1.80 bits per heavy atom. The predicted molar refractivity (Wildman–Crippen MR) is 134 cm³/mol. The zero-order valence-corrected chi connectivity index (χ0v) is 19.9. The molecule has 1 aliphatic rings. The minimum atomic E-state index is -0.126. The number of carbonyl (C=O) groups is 2. The van der Waals surface area contributed by atoms with Gasteiger partial charge in [0.2, 0.25) is 5.91 Å². The minimum absolute atomic E-state index is 0.0465. The number of H-pyrrole nitrogens is 1. The summed E-state index contributed by atoms with van der Waals surface area (Å²) in [5, 5.41) is 2.82. The van der Waals surface area contributed by atoms with Crippen LogP contribution in [0.4, 0.5) is 0 Å². The molecular weight excluding hydrogens is 464 g/mol. The fraction of sp³-hybridized carbons (Fsp3) is 0.269. The smallest absolute Gasteiger partial charge is 0.326 e. The van der Waals surface area contributed by atoms with Crippen LogP contribution in [-0.4, -0.2) is 45.1 Å². The second-order valence-electron chi connectivity index (χ2n) is 8.48. The molecule has 0 unspecified atom stereocenters. The first-order valence-corrected chi connectivity index (χ1v) is 12.6. The summed E-state index contributed by atoms with van der Waals surface area (Å²) in [6.45, 7) is 1.47. The van der Waals surface area contributed by atoms with E-state index in [0.29, 0.717) is 43.8 Å². The van der Waals surface area contributed by atoms with Gasteiger partial charge in [-0.1, -0.05) is 24.3 Å². The first kappa shape index (κ1) is 23.0. The van der Waals surface area contributed by atoms with E-state index in [1.807, 2.05) is 58.0 Å². The molecule has 0 spiro atoms. The molecule has 8 nitrogen and oxygen atoms in total. The van der Waals surface area contributed by atoms with Crippen LogP contribution in [0.3, 0.4) is 0 Å². The lowest BCUT2D eigenvalue weighted by Gasteiger charge is -2.33. The number of thioether (sulfide) groups is 1. The van der Waals surface area contributed by atoms with E-state index in [9.17, 15) is 14.4 Å². The van der Waals surface area contributed by atoms with Gasteiger partial charge < -0.3 is 19.6 Å². The van der Waals surface area contributed by atoms with Gasteiger partial charge in [-0.25, -0.2) is 4.79 Å². The normalized spacial score (nSPS) is 14.3. The number of para-hydroxylation sites is 2. The van der Waals surface area contributed by atoms with Gasteiger partial charge in [0.15, 0.2) is 0 Å². The van der Waals surface area contributed by atoms with Crippen molar-refractivity contribution in [2.45, 2.75) is 30.3 Å². The van der Waals surface area contributed by atoms with Crippen LogP contribution < -0.4 is 11.0 Å². The predicted octanol–water partition coefficient (Wildman–Crippen LogP) is 3.81. The van der Waals surface area contributed by atoms with Crippen LogP contribution >= 0.6 is 11.8 Å². The lowest BCUT2D eigenvalue weighted by molar-refractivity contribution is -0.118. The van der Waals surface area contributed by atoms with Gasteiger partial charge in [0.1, 0.15) is 5.76 Å². The number of aromatic amines is 1. The Bertz CT molecular complexity index is 1380. The van der Waals surface area contributed by atoms with Gasteiger partial charge in [-0.05, 0) is 49.2 Å². The molecule has 0 saturated carbocycles. The van der Waals surface area contributed by atoms with Crippen molar-refractivity contribution in [1.82, 2.24) is 19.8 Å². The number of hydrogen-bond donors (Lipinski definition) is 2. The molecule has 2 aromatic heterocycles. The molecule has 2 amide bonds. The number of nitrogens with zero attached hydrogens (tertiary/aromatic N) is 2. The minimum Gasteiger partial charge on any atom is -0.467 e. The van der Waals surface area contributed by atoms with Gasteiger partial charge in [-0.15, -0.1) is 11.8 Å². The number of fused-ring (bicyclic) bond motifs is 1. The van der Waals surface area contributed by atoms with Crippen molar-refractivity contribution in [2.24, 2.45) is 0 Å². The highest BCUT2D eigenvalue weighted by molar-refractivity contribution is 8.00. The number of rotatable bonds is 7. The van der Waals surface area contributed by atoms with Gasteiger partial charge in [-0.2, -0.15) is 0 Å². The summed E-state index contributed by atoms with van der Waals surface area (Å²) in [5.41, 5.74) is 2.21. The zero-order chi connectivity index (χ0) is 24.2. The maximum atomic E-state index is 13.3. The average Bonchev–Trinajstić information content (AvgIpc) is 3.53. The number of nitrogens with one attached hydrogen (secondary N) is 2. The average molecular weight is 491 g/mol. The second kappa shape index (κ2) is 10.3. The van der Waals surface area contributed by atoms with Crippen LogP contribution in [0.25, 0.3) is 11.0 Å². The number of amides is 2. The topological polar surface area (TPSA) is 100 Å². The van der Waals surface area contributed by atoms with E-state index in [1.165, 1.54) is 11.8 Å². The first-order chi connectivity index (χ1) is 17.1. The van der Waals surface area contributed by atoms with Gasteiger partial charge in [-0.3, -0.25) is 14.2 Å². The fourth-order valence-electron chi connectivity index (χ4n) is 4.50. The Hall–Kier alpha value is -3.72. The van der Waals surface area contributed by atoms with Gasteiger partial charge in [0, 0.05) is 24.0 Å². The lowest BCUT2D eigenvalue weighted by atomic mass is 10.0. The van der Waals surface area contributed by atoms with Crippen molar-refractivity contribution in [3.8, 4) is 0 Å². The van der Waals surface area contributed by atoms with Gasteiger partial charge in [0.05, 0.1) is 35.2 Å². The maximum Gasteiger partial charge on any atom is 0.326 e. The molecule has 9 heteroatoms. The van der Waals surface area contributed by atoms with Crippen molar-refractivity contribution >= 4 is 34.6 Å². The standard InChI is InChI=1S/C26H26N4O4S/c31-24(27-16-19-6-5-15-34-19)17-35-23-10-4-1-7-20(23)25(32)29-13-11-18(12-14-29)30-22-9-3-2-8-21(22)28-26(30)33/h1-10,15,18H,11-14,16-17H2,(H,27,31)(H,28,33). The number of aromatic nitrogens is 2. The number of furan rings is 1. The van der Waals surface area contributed by atoms with E-state index in [1.54, 1.807) is 18.4 Å². The van der Waals surface area contributed by atoms with E-state index >= 15 is 0 Å². The van der Waals surface area contributed by atoms with Crippen LogP contribution in [0.2, 0.25) is 0 Å². The Morgan fingerprint density at radius 1 is 1.03 bits per heavy atom. The summed E-state index contributed by atoms with van der Waals surface area (Å²) in [4.78, 5) is 43.7. The SMILES string of the molecule is O=C(CSc1ccccc1C(=O)N1CCC(n2c(=O)[nH]c3ccccc32)CC1)NCc1ccco1. The number of benzene rings is 2. The van der Waals surface area contributed by atoms with Crippen LogP contribution in [0.5, 0.6) is 0 Å². The monoisotopic (exact) mass is 490 g/mol. The summed E-state index contributed by atoms with van der Waals surface area (Å²) in [5.74, 6) is 0.723. The summed E-state index contributed by atoms with van der Waals surface area (Å²) in [6.07, 6.45) is 2.98. The van der Waals surface area contributed by atoms with Crippen molar-refractivity contribution < 1.29 is 14.0 Å². The van der Waals surface area contributed by atoms with Crippen LogP contribution in [0, 0.1) is 0 Å². The Kier molecular flexibility index (Phi) is 6.76. The van der Waals surface area contributed by atoms with Crippen molar-refractivity contribution in [1.29, 1.82) is 0 Å². The van der Waals surface area contributed by atoms with E-state index < -0.39 is 0 Å². The number of piperidine rings is 1. The summed E-state index contributed by atoms with van der Waals surface area (Å²) < 4.78 is 7.05. The quantitative estimate of drug-likeness (QED) is 0.384. The molecule has 0 atom stereocenters. The number of hydrogen-bond acceptors (Lipinski definition) is 5. The summed E-state index contributed by atoms with van der Waals surface area (Å²) in [6, 6.07) is 18.7. The molecule has 4 aromatic rings. The lowest BCUT2D eigenvalue weighted by Crippen LogP contribution is -2.40. The van der Waals surface area contributed by atoms with Crippen LogP contribution in [-0.2, 0) is 11.3 Å². The van der Waals surface area contributed by atoms with Crippen LogP contribution in [0.15, 0.2) is 81.0 Å². The zero-order valence-electron chi connectivity index (χ0n) is 19.1. The number of likely N-dealkylation sites (tertiary alicyclic amines) is 1. The third-order valence-electron chi connectivity index (χ3n) is 6.26. The largest absolute Gasteiger partial charge is 0.467 e. The number of imidazole rings is 1. The molecule has 0 aliphatic carbocycles. The molecular formula is C26H26N4O4S. The number of carbonyl (C=O) groups excluding carboxylic acids is 2. The fourth-order valence-corrected chi connectivity index (χ4v) is 5.37. The van der Waals surface area contributed by atoms with E-state index in [-0.39, 0.29) is 29.3 Å². The molecule has 1 aliphatic heterocycles. The van der Waals surface area contributed by atoms with Crippen molar-refractivity contribution in [2.75, 3.05) is 18.8 Å².